The minimum Gasteiger partial charge on any atom is -0.330 e. The van der Waals surface area contributed by atoms with Crippen molar-refractivity contribution >= 4 is 11.7 Å². The summed E-state index contributed by atoms with van der Waals surface area (Å²) in [7, 11) is 1.82. The van der Waals surface area contributed by atoms with E-state index >= 15 is 0 Å². The standard InChI is InChI=1S/C12H22N4O/c1-9(2)6-10(8-13)7-12(17)14-11-4-5-16(3)15-11/h4-5,9-10H,6-8,13H2,1-3H3,(H,14,15,17)/t10-/m0/s1. The number of anilines is 1. The monoisotopic (exact) mass is 238 g/mol. The maximum Gasteiger partial charge on any atom is 0.225 e. The van der Waals surface area contributed by atoms with Crippen LogP contribution < -0.4 is 11.1 Å². The summed E-state index contributed by atoms with van der Waals surface area (Å²) >= 11 is 0. The van der Waals surface area contributed by atoms with Crippen LogP contribution in [0.1, 0.15) is 26.7 Å². The molecule has 17 heavy (non-hydrogen) atoms. The van der Waals surface area contributed by atoms with Gasteiger partial charge in [-0.15, -0.1) is 0 Å². The summed E-state index contributed by atoms with van der Waals surface area (Å²) in [6.45, 7) is 4.83. The minimum absolute atomic E-state index is 0.0141. The molecule has 5 nitrogen and oxygen atoms in total. The summed E-state index contributed by atoms with van der Waals surface area (Å²) in [5.74, 6) is 1.39. The van der Waals surface area contributed by atoms with Crippen LogP contribution in [0.5, 0.6) is 0 Å². The fourth-order valence-electron chi connectivity index (χ4n) is 1.87. The quantitative estimate of drug-likeness (QED) is 0.786. The molecular weight excluding hydrogens is 216 g/mol. The second-order valence-corrected chi connectivity index (χ2v) is 4.86. The minimum atomic E-state index is -0.0141. The maximum atomic E-state index is 11.8. The Hall–Kier alpha value is -1.36. The lowest BCUT2D eigenvalue weighted by Crippen LogP contribution is -2.23. The van der Waals surface area contributed by atoms with Crippen LogP contribution >= 0.6 is 0 Å². The first-order valence-electron chi connectivity index (χ1n) is 6.00. The second kappa shape index (κ2) is 6.39. The third-order valence-corrected chi connectivity index (χ3v) is 2.59. The van der Waals surface area contributed by atoms with E-state index < -0.39 is 0 Å². The van der Waals surface area contributed by atoms with E-state index in [4.69, 9.17) is 5.73 Å². The molecule has 0 saturated heterocycles. The van der Waals surface area contributed by atoms with Gasteiger partial charge in [-0.2, -0.15) is 5.10 Å². The number of nitrogens with zero attached hydrogens (tertiary/aromatic N) is 2. The summed E-state index contributed by atoms with van der Waals surface area (Å²) in [5.41, 5.74) is 5.67. The molecule has 0 bridgehead atoms. The van der Waals surface area contributed by atoms with Crippen LogP contribution in [0.2, 0.25) is 0 Å². The molecule has 0 radical (unpaired) electrons. The van der Waals surface area contributed by atoms with Gasteiger partial charge in [-0.3, -0.25) is 9.48 Å². The summed E-state index contributed by atoms with van der Waals surface area (Å²) < 4.78 is 1.66. The van der Waals surface area contributed by atoms with Gasteiger partial charge in [-0.05, 0) is 24.8 Å². The molecule has 0 fully saturated rings. The van der Waals surface area contributed by atoms with Gasteiger partial charge in [0.1, 0.15) is 0 Å². The van der Waals surface area contributed by atoms with Gasteiger partial charge in [0.25, 0.3) is 0 Å². The van der Waals surface area contributed by atoms with Crippen molar-refractivity contribution in [2.75, 3.05) is 11.9 Å². The highest BCUT2D eigenvalue weighted by atomic mass is 16.1. The fraction of sp³-hybridized carbons (Fsp3) is 0.667. The lowest BCUT2D eigenvalue weighted by molar-refractivity contribution is -0.117. The Balaban J connectivity index is 2.42. The van der Waals surface area contributed by atoms with Crippen LogP contribution in [0.15, 0.2) is 12.3 Å². The van der Waals surface area contributed by atoms with Crippen molar-refractivity contribution in [1.29, 1.82) is 0 Å². The van der Waals surface area contributed by atoms with Crippen LogP contribution in [-0.2, 0) is 11.8 Å². The summed E-state index contributed by atoms with van der Waals surface area (Å²) in [4.78, 5) is 11.8. The third-order valence-electron chi connectivity index (χ3n) is 2.59. The van der Waals surface area contributed by atoms with E-state index in [1.165, 1.54) is 0 Å². The summed E-state index contributed by atoms with van der Waals surface area (Å²) in [5, 5.41) is 6.87. The number of rotatable bonds is 6. The van der Waals surface area contributed by atoms with Gasteiger partial charge in [0.05, 0.1) is 0 Å². The van der Waals surface area contributed by atoms with Crippen molar-refractivity contribution < 1.29 is 4.79 Å². The molecule has 0 aliphatic heterocycles. The molecule has 0 unspecified atom stereocenters. The van der Waals surface area contributed by atoms with Gasteiger partial charge in [0, 0.05) is 25.7 Å². The Bertz CT molecular complexity index is 359. The molecule has 1 rings (SSSR count). The van der Waals surface area contributed by atoms with Gasteiger partial charge in [0.15, 0.2) is 5.82 Å². The van der Waals surface area contributed by atoms with Crippen molar-refractivity contribution in [3.05, 3.63) is 12.3 Å². The number of amides is 1. The number of hydrogen-bond donors (Lipinski definition) is 2. The zero-order valence-electron chi connectivity index (χ0n) is 10.8. The fourth-order valence-corrected chi connectivity index (χ4v) is 1.87. The zero-order valence-corrected chi connectivity index (χ0v) is 10.8. The highest BCUT2D eigenvalue weighted by Crippen LogP contribution is 2.15. The molecule has 0 aliphatic carbocycles. The first-order valence-corrected chi connectivity index (χ1v) is 6.00. The molecule has 1 aromatic rings. The smallest absolute Gasteiger partial charge is 0.225 e. The Morgan fingerprint density at radius 2 is 2.29 bits per heavy atom. The van der Waals surface area contributed by atoms with E-state index in [0.29, 0.717) is 24.7 Å². The second-order valence-electron chi connectivity index (χ2n) is 4.86. The van der Waals surface area contributed by atoms with Crippen LogP contribution in [-0.4, -0.2) is 22.2 Å². The average Bonchev–Trinajstić information content (AvgIpc) is 2.62. The molecule has 1 aromatic heterocycles. The van der Waals surface area contributed by atoms with Gasteiger partial charge in [-0.1, -0.05) is 13.8 Å². The van der Waals surface area contributed by atoms with Gasteiger partial charge < -0.3 is 11.1 Å². The van der Waals surface area contributed by atoms with E-state index in [1.54, 1.807) is 16.9 Å². The van der Waals surface area contributed by atoms with Crippen molar-refractivity contribution in [2.45, 2.75) is 26.7 Å². The Morgan fingerprint density at radius 1 is 1.59 bits per heavy atom. The molecule has 0 aliphatic rings. The van der Waals surface area contributed by atoms with E-state index in [2.05, 4.69) is 24.3 Å². The van der Waals surface area contributed by atoms with Crippen molar-refractivity contribution in [3.8, 4) is 0 Å². The molecule has 0 spiro atoms. The molecule has 0 saturated carbocycles. The van der Waals surface area contributed by atoms with Crippen LogP contribution in [0.4, 0.5) is 5.82 Å². The molecule has 1 atom stereocenters. The van der Waals surface area contributed by atoms with E-state index in [-0.39, 0.29) is 11.8 Å². The first kappa shape index (κ1) is 13.7. The highest BCUT2D eigenvalue weighted by Gasteiger charge is 2.14. The van der Waals surface area contributed by atoms with E-state index in [0.717, 1.165) is 6.42 Å². The maximum absolute atomic E-state index is 11.8. The molecule has 3 N–H and O–H groups in total. The van der Waals surface area contributed by atoms with Gasteiger partial charge >= 0.3 is 0 Å². The molecule has 5 heteroatoms. The molecular formula is C12H22N4O. The molecule has 96 valence electrons. The number of carbonyl (C=O) groups excluding carboxylic acids is 1. The Labute approximate surface area is 102 Å². The predicted molar refractivity (Wildman–Crippen MR) is 68.5 cm³/mol. The summed E-state index contributed by atoms with van der Waals surface area (Å²) in [6, 6.07) is 1.78. The lowest BCUT2D eigenvalue weighted by Gasteiger charge is -2.16. The normalized spacial score (nSPS) is 12.8. The number of nitrogens with one attached hydrogen (secondary N) is 1. The van der Waals surface area contributed by atoms with E-state index in [9.17, 15) is 4.79 Å². The number of aryl methyl sites for hydroxylation is 1. The zero-order chi connectivity index (χ0) is 12.8. The van der Waals surface area contributed by atoms with Crippen LogP contribution in [0.3, 0.4) is 0 Å². The average molecular weight is 238 g/mol. The van der Waals surface area contributed by atoms with Crippen molar-refractivity contribution in [3.63, 3.8) is 0 Å². The van der Waals surface area contributed by atoms with Crippen LogP contribution in [0.25, 0.3) is 0 Å². The topological polar surface area (TPSA) is 72.9 Å². The van der Waals surface area contributed by atoms with Crippen LogP contribution in [0, 0.1) is 11.8 Å². The Morgan fingerprint density at radius 3 is 2.76 bits per heavy atom. The van der Waals surface area contributed by atoms with Gasteiger partial charge in [0.2, 0.25) is 5.91 Å². The molecule has 0 aromatic carbocycles. The third kappa shape index (κ3) is 4.99. The number of carbonyl (C=O) groups is 1. The lowest BCUT2D eigenvalue weighted by atomic mass is 9.94. The number of aromatic nitrogens is 2. The number of hydrogen-bond acceptors (Lipinski definition) is 3. The Kier molecular flexibility index (Phi) is 5.15. The predicted octanol–water partition coefficient (Wildman–Crippen LogP) is 1.37. The molecule has 1 heterocycles. The molecule has 1 amide bonds. The summed E-state index contributed by atoms with van der Waals surface area (Å²) in [6.07, 6.45) is 3.24. The first-order chi connectivity index (χ1) is 8.01. The SMILES string of the molecule is CC(C)C[C@H](CN)CC(=O)Nc1ccn(C)n1. The van der Waals surface area contributed by atoms with Crippen molar-refractivity contribution in [1.82, 2.24) is 9.78 Å². The van der Waals surface area contributed by atoms with Gasteiger partial charge in [-0.25, -0.2) is 0 Å². The van der Waals surface area contributed by atoms with Crippen molar-refractivity contribution in [2.24, 2.45) is 24.6 Å². The van der Waals surface area contributed by atoms with E-state index in [1.807, 2.05) is 7.05 Å². The number of nitrogens with two attached hydrogens (primary N) is 1. The largest absolute Gasteiger partial charge is 0.330 e. The highest BCUT2D eigenvalue weighted by molar-refractivity contribution is 5.89.